The third-order valence-corrected chi connectivity index (χ3v) is 6.38. The first kappa shape index (κ1) is 22.7. The zero-order valence-electron chi connectivity index (χ0n) is 20.3. The topological polar surface area (TPSA) is 114 Å². The highest BCUT2D eigenvalue weighted by atomic mass is 16.6. The van der Waals surface area contributed by atoms with Crippen LogP contribution in [-0.2, 0) is 9.47 Å². The lowest BCUT2D eigenvalue weighted by Gasteiger charge is -2.40. The molecule has 0 aromatic carbocycles. The minimum absolute atomic E-state index is 0.182. The number of piperidine rings is 1. The molecule has 3 aliphatic rings. The number of carbonyl (C=O) groups excluding carboxylic acids is 2. The summed E-state index contributed by atoms with van der Waals surface area (Å²) in [5, 5.41) is 8.03. The normalized spacial score (nSPS) is 19.8. The molecule has 0 unspecified atom stereocenters. The number of aromatic nitrogens is 4. The van der Waals surface area contributed by atoms with Crippen LogP contribution in [0.3, 0.4) is 0 Å². The Balaban J connectivity index is 1.10. The zero-order valence-corrected chi connectivity index (χ0v) is 20.3. The van der Waals surface area contributed by atoms with E-state index in [0.29, 0.717) is 38.0 Å². The predicted molar refractivity (Wildman–Crippen MR) is 124 cm³/mol. The Morgan fingerprint density at radius 3 is 2.38 bits per heavy atom. The van der Waals surface area contributed by atoms with Gasteiger partial charge in [-0.1, -0.05) is 0 Å². The molecule has 1 N–H and O–H groups in total. The number of carbonyl (C=O) groups is 2. The molecule has 4 heterocycles. The monoisotopic (exact) mass is 471 g/mol. The standard InChI is InChI=1S/C23H33N7O4/c1-14-25-19-18(15-5-6-15)11-24-30(19)20(26-14)27-16-7-9-28(10-8-16)21(31)33-17-12-29(13-17)22(32)34-23(2,3)4/h11,15-17H,5-10,12-13H2,1-4H3,(H,25,26,27). The van der Waals surface area contributed by atoms with Crippen molar-refractivity contribution < 1.29 is 19.1 Å². The van der Waals surface area contributed by atoms with Crippen molar-refractivity contribution in [2.45, 2.75) is 77.0 Å². The first-order valence-electron chi connectivity index (χ1n) is 12.1. The minimum atomic E-state index is -0.537. The number of hydrogen-bond donors (Lipinski definition) is 1. The van der Waals surface area contributed by atoms with E-state index in [-0.39, 0.29) is 24.3 Å². The molecule has 2 aromatic heterocycles. The number of aryl methyl sites for hydroxylation is 1. The second kappa shape index (κ2) is 8.59. The Kier molecular flexibility index (Phi) is 5.73. The van der Waals surface area contributed by atoms with Gasteiger partial charge < -0.3 is 24.6 Å². The van der Waals surface area contributed by atoms with Gasteiger partial charge in [-0.05, 0) is 59.3 Å². The Hall–Kier alpha value is -3.11. The van der Waals surface area contributed by atoms with Gasteiger partial charge in [0.2, 0.25) is 5.95 Å². The molecular weight excluding hydrogens is 438 g/mol. The first-order valence-corrected chi connectivity index (χ1v) is 12.1. The van der Waals surface area contributed by atoms with Crippen LogP contribution in [0.4, 0.5) is 15.5 Å². The molecule has 0 atom stereocenters. The molecule has 0 bridgehead atoms. The second-order valence-electron chi connectivity index (χ2n) is 10.5. The fourth-order valence-corrected chi connectivity index (χ4v) is 4.37. The Morgan fingerprint density at radius 1 is 1.03 bits per heavy atom. The van der Waals surface area contributed by atoms with Gasteiger partial charge in [-0.15, -0.1) is 0 Å². The molecular formula is C23H33N7O4. The van der Waals surface area contributed by atoms with Crippen molar-refractivity contribution in [2.24, 2.45) is 0 Å². The molecule has 2 amide bonds. The van der Waals surface area contributed by atoms with Gasteiger partial charge in [0.1, 0.15) is 17.5 Å². The van der Waals surface area contributed by atoms with Gasteiger partial charge >= 0.3 is 12.2 Å². The van der Waals surface area contributed by atoms with Gasteiger partial charge in [0.15, 0.2) is 5.65 Å². The average molecular weight is 472 g/mol. The average Bonchev–Trinajstić information content (AvgIpc) is 3.48. The Bertz CT molecular complexity index is 1080. The first-order chi connectivity index (χ1) is 16.2. The molecule has 0 radical (unpaired) electrons. The van der Waals surface area contributed by atoms with Crippen LogP contribution in [-0.4, -0.2) is 85.5 Å². The van der Waals surface area contributed by atoms with Gasteiger partial charge in [0.25, 0.3) is 0 Å². The number of hydrogen-bond acceptors (Lipinski definition) is 8. The van der Waals surface area contributed by atoms with Crippen LogP contribution in [0.1, 0.15) is 63.8 Å². The molecule has 34 heavy (non-hydrogen) atoms. The summed E-state index contributed by atoms with van der Waals surface area (Å²) in [5.41, 5.74) is 1.55. The van der Waals surface area contributed by atoms with Crippen molar-refractivity contribution in [3.8, 4) is 0 Å². The summed E-state index contributed by atoms with van der Waals surface area (Å²) < 4.78 is 12.7. The summed E-state index contributed by atoms with van der Waals surface area (Å²) in [7, 11) is 0. The lowest BCUT2D eigenvalue weighted by Crippen LogP contribution is -2.57. The van der Waals surface area contributed by atoms with Crippen LogP contribution >= 0.6 is 0 Å². The van der Waals surface area contributed by atoms with Crippen molar-refractivity contribution in [2.75, 3.05) is 31.5 Å². The van der Waals surface area contributed by atoms with Crippen LogP contribution < -0.4 is 5.32 Å². The van der Waals surface area contributed by atoms with Crippen molar-refractivity contribution in [1.82, 2.24) is 29.4 Å². The highest BCUT2D eigenvalue weighted by Gasteiger charge is 2.37. The lowest BCUT2D eigenvalue weighted by molar-refractivity contribution is -0.0446. The third-order valence-electron chi connectivity index (χ3n) is 6.38. The maximum Gasteiger partial charge on any atom is 0.410 e. The van der Waals surface area contributed by atoms with E-state index in [1.807, 2.05) is 33.9 Å². The van der Waals surface area contributed by atoms with Gasteiger partial charge in [-0.3, -0.25) is 0 Å². The summed E-state index contributed by atoms with van der Waals surface area (Å²) in [6.07, 6.45) is 4.89. The Labute approximate surface area is 198 Å². The maximum absolute atomic E-state index is 12.6. The van der Waals surface area contributed by atoms with Crippen LogP contribution in [0.5, 0.6) is 0 Å². The maximum atomic E-state index is 12.6. The molecule has 11 heteroatoms. The van der Waals surface area contributed by atoms with E-state index in [4.69, 9.17) is 9.47 Å². The number of nitrogens with one attached hydrogen (secondary N) is 1. The number of fused-ring (bicyclic) bond motifs is 1. The van der Waals surface area contributed by atoms with Crippen molar-refractivity contribution in [1.29, 1.82) is 0 Å². The highest BCUT2D eigenvalue weighted by Crippen LogP contribution is 2.41. The number of amides is 2. The number of likely N-dealkylation sites (tertiary alicyclic amines) is 2. The van der Waals surface area contributed by atoms with Crippen molar-refractivity contribution in [3.05, 3.63) is 17.6 Å². The number of ether oxygens (including phenoxy) is 2. The molecule has 5 rings (SSSR count). The predicted octanol–water partition coefficient (Wildman–Crippen LogP) is 2.94. The molecule has 1 aliphatic carbocycles. The number of rotatable bonds is 4. The summed E-state index contributed by atoms with van der Waals surface area (Å²) in [5.74, 6) is 1.99. The van der Waals surface area contributed by atoms with Crippen molar-refractivity contribution >= 4 is 23.8 Å². The molecule has 2 aliphatic heterocycles. The van der Waals surface area contributed by atoms with Gasteiger partial charge in [-0.25, -0.2) is 14.6 Å². The lowest BCUT2D eigenvalue weighted by atomic mass is 10.1. The van der Waals surface area contributed by atoms with Crippen LogP contribution in [0.15, 0.2) is 6.20 Å². The summed E-state index contributed by atoms with van der Waals surface area (Å²) in [6.45, 7) is 9.32. The number of anilines is 1. The van der Waals surface area contributed by atoms with E-state index in [0.717, 1.165) is 24.3 Å². The van der Waals surface area contributed by atoms with E-state index in [9.17, 15) is 9.59 Å². The zero-order chi connectivity index (χ0) is 24.0. The van der Waals surface area contributed by atoms with Crippen molar-refractivity contribution in [3.63, 3.8) is 0 Å². The number of nitrogens with zero attached hydrogens (tertiary/aromatic N) is 6. The smallest absolute Gasteiger partial charge is 0.410 e. The summed E-state index contributed by atoms with van der Waals surface area (Å²) >= 11 is 0. The molecule has 3 fully saturated rings. The second-order valence-corrected chi connectivity index (χ2v) is 10.5. The molecule has 0 spiro atoms. The molecule has 184 valence electrons. The molecule has 1 saturated carbocycles. The van der Waals surface area contributed by atoms with Gasteiger partial charge in [0.05, 0.1) is 19.3 Å². The van der Waals surface area contributed by atoms with E-state index in [2.05, 4.69) is 20.4 Å². The van der Waals surface area contributed by atoms with Crippen LogP contribution in [0.2, 0.25) is 0 Å². The van der Waals surface area contributed by atoms with E-state index < -0.39 is 5.60 Å². The Morgan fingerprint density at radius 2 is 1.74 bits per heavy atom. The molecule has 2 aromatic rings. The third kappa shape index (κ3) is 4.88. The minimum Gasteiger partial charge on any atom is -0.444 e. The van der Waals surface area contributed by atoms with Crippen LogP contribution in [0.25, 0.3) is 5.65 Å². The fraction of sp³-hybridized carbons (Fsp3) is 0.696. The van der Waals surface area contributed by atoms with Gasteiger partial charge in [0, 0.05) is 24.7 Å². The van der Waals surface area contributed by atoms with Gasteiger partial charge in [-0.2, -0.15) is 14.6 Å². The SMILES string of the molecule is Cc1nc(NC2CCN(C(=O)OC3CN(C(=O)OC(C)(C)C)C3)CC2)n2ncc(C3CC3)c2n1. The van der Waals surface area contributed by atoms with E-state index in [1.54, 1.807) is 14.3 Å². The largest absolute Gasteiger partial charge is 0.444 e. The quantitative estimate of drug-likeness (QED) is 0.724. The molecule has 11 nitrogen and oxygen atoms in total. The summed E-state index contributed by atoms with van der Waals surface area (Å²) in [6, 6.07) is 0.182. The highest BCUT2D eigenvalue weighted by molar-refractivity contribution is 5.71. The fourth-order valence-electron chi connectivity index (χ4n) is 4.37. The summed E-state index contributed by atoms with van der Waals surface area (Å²) in [4.78, 5) is 37.1. The van der Waals surface area contributed by atoms with E-state index >= 15 is 0 Å². The van der Waals surface area contributed by atoms with Crippen LogP contribution in [0, 0.1) is 6.92 Å². The van der Waals surface area contributed by atoms with E-state index in [1.165, 1.54) is 18.4 Å². The molecule has 2 saturated heterocycles.